The Morgan fingerprint density at radius 3 is 2.92 bits per heavy atom. The molecule has 0 saturated carbocycles. The molecule has 1 aromatic carbocycles. The number of hydrogen-bond acceptors (Lipinski definition) is 6. The lowest BCUT2D eigenvalue weighted by Gasteiger charge is -2.31. The molecular weight excluding hydrogens is 332 g/mol. The molecule has 7 nitrogen and oxygen atoms in total. The number of nitrogens with one attached hydrogen (secondary N) is 1. The van der Waals surface area contributed by atoms with E-state index in [-0.39, 0.29) is 12.7 Å². The molecule has 0 spiro atoms. The van der Waals surface area contributed by atoms with Gasteiger partial charge >= 0.3 is 0 Å². The van der Waals surface area contributed by atoms with Crippen molar-refractivity contribution in [3.8, 4) is 11.5 Å². The Morgan fingerprint density at radius 2 is 2.12 bits per heavy atom. The fraction of sp³-hybridized carbons (Fsp3) is 0.421. The van der Waals surface area contributed by atoms with Crippen molar-refractivity contribution in [1.82, 2.24) is 15.5 Å². The van der Waals surface area contributed by atoms with Crippen LogP contribution in [0.25, 0.3) is 0 Å². The smallest absolute Gasteiger partial charge is 0.272 e. The summed E-state index contributed by atoms with van der Waals surface area (Å²) < 4.78 is 10.6. The molecule has 1 fully saturated rings. The first-order valence-corrected chi connectivity index (χ1v) is 8.94. The monoisotopic (exact) mass is 354 g/mol. The summed E-state index contributed by atoms with van der Waals surface area (Å²) in [6.07, 6.45) is 2.42. The van der Waals surface area contributed by atoms with Gasteiger partial charge in [-0.05, 0) is 48.6 Å². The fourth-order valence-electron chi connectivity index (χ4n) is 3.34. The number of carbonyl (C=O) groups is 1. The third-order valence-corrected chi connectivity index (χ3v) is 4.75. The predicted octanol–water partition coefficient (Wildman–Crippen LogP) is 2.37. The summed E-state index contributed by atoms with van der Waals surface area (Å²) in [7, 11) is 0. The van der Waals surface area contributed by atoms with Gasteiger partial charge < -0.3 is 19.7 Å². The number of rotatable bonds is 4. The van der Waals surface area contributed by atoms with Gasteiger partial charge in [0.1, 0.15) is 0 Å². The molecule has 4 rings (SSSR count). The van der Waals surface area contributed by atoms with Crippen LogP contribution in [0.1, 0.15) is 35.8 Å². The van der Waals surface area contributed by atoms with E-state index in [1.807, 2.05) is 24.3 Å². The zero-order chi connectivity index (χ0) is 17.9. The molecule has 0 radical (unpaired) electrons. The van der Waals surface area contributed by atoms with Crippen molar-refractivity contribution in [2.45, 2.75) is 26.3 Å². The van der Waals surface area contributed by atoms with Crippen molar-refractivity contribution in [2.24, 2.45) is 5.92 Å². The highest BCUT2D eigenvalue weighted by atomic mass is 16.7. The maximum Gasteiger partial charge on any atom is 0.272 e. The Morgan fingerprint density at radius 1 is 1.23 bits per heavy atom. The maximum atomic E-state index is 12.3. The Bertz CT molecular complexity index is 794. The Labute approximate surface area is 152 Å². The molecule has 0 aliphatic carbocycles. The first kappa shape index (κ1) is 16.6. The van der Waals surface area contributed by atoms with Crippen molar-refractivity contribution in [3.05, 3.63) is 41.6 Å². The quantitative estimate of drug-likeness (QED) is 0.908. The molecule has 1 saturated heterocycles. The molecule has 1 unspecified atom stereocenters. The lowest BCUT2D eigenvalue weighted by molar-refractivity contribution is 0.0945. The van der Waals surface area contributed by atoms with Gasteiger partial charge in [0, 0.05) is 19.6 Å². The number of anilines is 1. The molecule has 2 aliphatic rings. The number of nitrogens with zero attached hydrogens (tertiary/aromatic N) is 3. The van der Waals surface area contributed by atoms with E-state index in [9.17, 15) is 4.79 Å². The van der Waals surface area contributed by atoms with E-state index in [2.05, 4.69) is 27.3 Å². The van der Waals surface area contributed by atoms with Gasteiger partial charge in [-0.1, -0.05) is 13.0 Å². The van der Waals surface area contributed by atoms with Crippen LogP contribution in [-0.4, -0.2) is 36.0 Å². The van der Waals surface area contributed by atoms with E-state index in [1.54, 1.807) is 6.07 Å². The second kappa shape index (κ2) is 7.19. The van der Waals surface area contributed by atoms with Crippen LogP contribution in [0.3, 0.4) is 0 Å². The minimum absolute atomic E-state index is 0.239. The van der Waals surface area contributed by atoms with E-state index in [0.717, 1.165) is 30.2 Å². The van der Waals surface area contributed by atoms with Gasteiger partial charge in [0.05, 0.1) is 0 Å². The van der Waals surface area contributed by atoms with E-state index >= 15 is 0 Å². The average molecular weight is 354 g/mol. The van der Waals surface area contributed by atoms with Gasteiger partial charge in [0.15, 0.2) is 23.0 Å². The third kappa shape index (κ3) is 3.56. The summed E-state index contributed by atoms with van der Waals surface area (Å²) in [5.74, 6) is 2.69. The van der Waals surface area contributed by atoms with Gasteiger partial charge in [-0.3, -0.25) is 4.79 Å². The molecule has 2 aromatic rings. The standard InChI is InChI=1S/C19H22N4O3/c1-13-3-2-8-23(11-13)18-7-5-15(21-22-18)19(24)20-10-14-4-6-16-17(9-14)26-12-25-16/h4-7,9,13H,2-3,8,10-12H2,1H3,(H,20,24). The molecular formula is C19H22N4O3. The second-order valence-corrected chi connectivity index (χ2v) is 6.84. The number of hydrogen-bond donors (Lipinski definition) is 1. The van der Waals surface area contributed by atoms with Crippen molar-refractivity contribution in [1.29, 1.82) is 0 Å². The molecule has 1 aromatic heterocycles. The fourth-order valence-corrected chi connectivity index (χ4v) is 3.34. The van der Waals surface area contributed by atoms with Crippen molar-refractivity contribution < 1.29 is 14.3 Å². The first-order chi connectivity index (χ1) is 12.7. The molecule has 2 aliphatic heterocycles. The number of amides is 1. The van der Waals surface area contributed by atoms with Gasteiger partial charge in [-0.15, -0.1) is 10.2 Å². The highest BCUT2D eigenvalue weighted by Crippen LogP contribution is 2.32. The summed E-state index contributed by atoms with van der Waals surface area (Å²) in [6, 6.07) is 9.23. The number of piperidine rings is 1. The normalized spacial score (nSPS) is 18.7. The van der Waals surface area contributed by atoms with E-state index < -0.39 is 0 Å². The molecule has 26 heavy (non-hydrogen) atoms. The predicted molar refractivity (Wildman–Crippen MR) is 96.4 cm³/mol. The van der Waals surface area contributed by atoms with Crippen LogP contribution in [0, 0.1) is 5.92 Å². The van der Waals surface area contributed by atoms with Gasteiger partial charge in [-0.2, -0.15) is 0 Å². The topological polar surface area (TPSA) is 76.6 Å². The summed E-state index contributed by atoms with van der Waals surface area (Å²) in [5, 5.41) is 11.2. The van der Waals surface area contributed by atoms with Gasteiger partial charge in [-0.25, -0.2) is 0 Å². The zero-order valence-corrected chi connectivity index (χ0v) is 14.8. The van der Waals surface area contributed by atoms with Crippen molar-refractivity contribution >= 4 is 11.7 Å². The summed E-state index contributed by atoms with van der Waals surface area (Å²) in [5.41, 5.74) is 1.26. The lowest BCUT2D eigenvalue weighted by Crippen LogP contribution is -2.35. The second-order valence-electron chi connectivity index (χ2n) is 6.84. The molecule has 1 N–H and O–H groups in total. The Balaban J connectivity index is 1.36. The number of benzene rings is 1. The summed E-state index contributed by atoms with van der Waals surface area (Å²) in [6.45, 7) is 4.86. The average Bonchev–Trinajstić information content (AvgIpc) is 3.14. The summed E-state index contributed by atoms with van der Waals surface area (Å²) in [4.78, 5) is 14.5. The highest BCUT2D eigenvalue weighted by Gasteiger charge is 2.19. The number of carbonyl (C=O) groups excluding carboxylic acids is 1. The van der Waals surface area contributed by atoms with Crippen molar-refractivity contribution in [2.75, 3.05) is 24.8 Å². The van der Waals surface area contributed by atoms with Crippen molar-refractivity contribution in [3.63, 3.8) is 0 Å². The van der Waals surface area contributed by atoms with E-state index in [0.29, 0.717) is 23.9 Å². The number of ether oxygens (including phenoxy) is 2. The molecule has 136 valence electrons. The molecule has 1 atom stereocenters. The van der Waals surface area contributed by atoms with E-state index in [1.165, 1.54) is 12.8 Å². The van der Waals surface area contributed by atoms with Crippen LogP contribution < -0.4 is 19.7 Å². The molecule has 1 amide bonds. The third-order valence-electron chi connectivity index (χ3n) is 4.75. The minimum atomic E-state index is -0.242. The van der Waals surface area contributed by atoms with Gasteiger partial charge in [0.25, 0.3) is 5.91 Å². The van der Waals surface area contributed by atoms with Crippen LogP contribution in [0.4, 0.5) is 5.82 Å². The van der Waals surface area contributed by atoms with Crippen LogP contribution in [0.15, 0.2) is 30.3 Å². The minimum Gasteiger partial charge on any atom is -0.454 e. The Hall–Kier alpha value is -2.83. The molecule has 0 bridgehead atoms. The number of aromatic nitrogens is 2. The first-order valence-electron chi connectivity index (χ1n) is 8.94. The van der Waals surface area contributed by atoms with Crippen LogP contribution >= 0.6 is 0 Å². The van der Waals surface area contributed by atoms with E-state index in [4.69, 9.17) is 9.47 Å². The summed E-state index contributed by atoms with van der Waals surface area (Å²) >= 11 is 0. The molecule has 7 heteroatoms. The molecule has 3 heterocycles. The number of fused-ring (bicyclic) bond motifs is 1. The largest absolute Gasteiger partial charge is 0.454 e. The highest BCUT2D eigenvalue weighted by molar-refractivity contribution is 5.92. The maximum absolute atomic E-state index is 12.3. The lowest BCUT2D eigenvalue weighted by atomic mass is 10.0. The van der Waals surface area contributed by atoms with Crippen LogP contribution in [0.5, 0.6) is 11.5 Å². The van der Waals surface area contributed by atoms with Crippen LogP contribution in [0.2, 0.25) is 0 Å². The zero-order valence-electron chi connectivity index (χ0n) is 14.8. The van der Waals surface area contributed by atoms with Crippen LogP contribution in [-0.2, 0) is 6.54 Å². The Kier molecular flexibility index (Phi) is 4.60. The van der Waals surface area contributed by atoms with Gasteiger partial charge in [0.2, 0.25) is 6.79 Å². The SMILES string of the molecule is CC1CCCN(c2ccc(C(=O)NCc3ccc4c(c3)OCO4)nn2)C1.